The summed E-state index contributed by atoms with van der Waals surface area (Å²) >= 11 is 7.69. The fourth-order valence-electron chi connectivity index (χ4n) is 2.27. The molecular formula is C18H22ClN3O2S. The number of thiophene rings is 1. The molecule has 0 fully saturated rings. The Bertz CT molecular complexity index is 706. The zero-order valence-electron chi connectivity index (χ0n) is 14.4. The molecule has 25 heavy (non-hydrogen) atoms. The molecule has 0 spiro atoms. The van der Waals surface area contributed by atoms with Crippen molar-refractivity contribution in [2.75, 3.05) is 32.0 Å². The number of hydrogen-bond acceptors (Lipinski definition) is 4. The fourth-order valence-corrected chi connectivity index (χ4v) is 3.20. The van der Waals surface area contributed by atoms with Crippen molar-refractivity contribution >= 4 is 40.4 Å². The lowest BCUT2D eigenvalue weighted by molar-refractivity contribution is -0.134. The van der Waals surface area contributed by atoms with Crippen LogP contribution in [0.4, 0.5) is 5.69 Å². The van der Waals surface area contributed by atoms with Crippen molar-refractivity contribution in [1.82, 2.24) is 9.80 Å². The second-order valence-corrected chi connectivity index (χ2v) is 7.10. The van der Waals surface area contributed by atoms with Crippen LogP contribution in [0.15, 0.2) is 41.8 Å². The highest BCUT2D eigenvalue weighted by Gasteiger charge is 2.17. The molecule has 0 aliphatic heterocycles. The molecule has 1 aromatic carbocycles. The maximum absolute atomic E-state index is 12.4. The summed E-state index contributed by atoms with van der Waals surface area (Å²) in [5.74, 6) is -0.363. The molecule has 134 valence electrons. The molecule has 0 aliphatic carbocycles. The Morgan fingerprint density at radius 2 is 1.92 bits per heavy atom. The van der Waals surface area contributed by atoms with Crippen LogP contribution in [0.25, 0.3) is 0 Å². The van der Waals surface area contributed by atoms with E-state index < -0.39 is 0 Å². The minimum atomic E-state index is -0.273. The molecule has 0 unspecified atom stereocenters. The molecule has 2 aromatic rings. The summed E-state index contributed by atoms with van der Waals surface area (Å²) in [6, 6.07) is 11.1. The molecule has 0 atom stereocenters. The second-order valence-electron chi connectivity index (χ2n) is 5.66. The number of hydrogen-bond donors (Lipinski definition) is 1. The first-order valence-electron chi connectivity index (χ1n) is 8.02. The van der Waals surface area contributed by atoms with Crippen molar-refractivity contribution < 1.29 is 9.59 Å². The van der Waals surface area contributed by atoms with Crippen LogP contribution in [-0.2, 0) is 16.1 Å². The summed E-state index contributed by atoms with van der Waals surface area (Å²) in [4.78, 5) is 29.2. The van der Waals surface area contributed by atoms with E-state index >= 15 is 0 Å². The first kappa shape index (κ1) is 19.4. The molecule has 1 aromatic heterocycles. The van der Waals surface area contributed by atoms with Gasteiger partial charge in [0.1, 0.15) is 0 Å². The number of carbonyl (C=O) groups excluding carboxylic acids is 2. The lowest BCUT2D eigenvalue weighted by Crippen LogP contribution is -2.41. The van der Waals surface area contributed by atoms with Crippen LogP contribution < -0.4 is 5.32 Å². The molecule has 0 saturated carbocycles. The molecule has 0 aliphatic rings. The topological polar surface area (TPSA) is 52.7 Å². The molecule has 1 heterocycles. The van der Waals surface area contributed by atoms with Gasteiger partial charge in [0.15, 0.2) is 0 Å². The summed E-state index contributed by atoms with van der Waals surface area (Å²) < 4.78 is 0. The van der Waals surface area contributed by atoms with Gasteiger partial charge in [-0.25, -0.2) is 0 Å². The maximum atomic E-state index is 12.4. The van der Waals surface area contributed by atoms with Crippen molar-refractivity contribution in [3.8, 4) is 0 Å². The number of benzene rings is 1. The maximum Gasteiger partial charge on any atom is 0.244 e. The van der Waals surface area contributed by atoms with Gasteiger partial charge in [-0.1, -0.05) is 36.7 Å². The fraction of sp³-hybridized carbons (Fsp3) is 0.333. The Labute approximate surface area is 157 Å². The van der Waals surface area contributed by atoms with Gasteiger partial charge < -0.3 is 10.2 Å². The SMILES string of the molecule is CCN(CC(=O)N(C)CC(=O)Nc1ccccc1Cl)Cc1cccs1. The first-order chi connectivity index (χ1) is 12.0. The first-order valence-corrected chi connectivity index (χ1v) is 9.28. The smallest absolute Gasteiger partial charge is 0.244 e. The third-order valence-electron chi connectivity index (χ3n) is 3.72. The van der Waals surface area contributed by atoms with Gasteiger partial charge in [0.25, 0.3) is 0 Å². The van der Waals surface area contributed by atoms with Crippen LogP contribution in [0.5, 0.6) is 0 Å². The van der Waals surface area contributed by atoms with Gasteiger partial charge in [0.05, 0.1) is 23.8 Å². The molecule has 2 rings (SSSR count). The van der Waals surface area contributed by atoms with E-state index in [1.165, 1.54) is 9.78 Å². The lowest BCUT2D eigenvalue weighted by atomic mass is 10.3. The van der Waals surface area contributed by atoms with Crippen molar-refractivity contribution in [3.63, 3.8) is 0 Å². The Kier molecular flexibility index (Phi) is 7.43. The van der Waals surface area contributed by atoms with Gasteiger partial charge in [-0.3, -0.25) is 14.5 Å². The average Bonchev–Trinajstić information content (AvgIpc) is 3.09. The van der Waals surface area contributed by atoms with Gasteiger partial charge in [-0.2, -0.15) is 0 Å². The van der Waals surface area contributed by atoms with Crippen LogP contribution in [0.3, 0.4) is 0 Å². The van der Waals surface area contributed by atoms with Crippen molar-refractivity contribution in [1.29, 1.82) is 0 Å². The minimum absolute atomic E-state index is 0.0133. The molecule has 1 N–H and O–H groups in total. The third-order valence-corrected chi connectivity index (χ3v) is 4.91. The minimum Gasteiger partial charge on any atom is -0.335 e. The third kappa shape index (κ3) is 6.16. The lowest BCUT2D eigenvalue weighted by Gasteiger charge is -2.23. The molecular weight excluding hydrogens is 358 g/mol. The average molecular weight is 380 g/mol. The van der Waals surface area contributed by atoms with E-state index in [0.29, 0.717) is 10.7 Å². The van der Waals surface area contributed by atoms with Crippen LogP contribution in [0.2, 0.25) is 5.02 Å². The highest BCUT2D eigenvalue weighted by atomic mass is 35.5. The predicted octanol–water partition coefficient (Wildman–Crippen LogP) is 3.32. The van der Waals surface area contributed by atoms with Gasteiger partial charge >= 0.3 is 0 Å². The molecule has 7 heteroatoms. The molecule has 0 bridgehead atoms. The summed E-state index contributed by atoms with van der Waals surface area (Å²) in [6.45, 7) is 3.79. The number of nitrogens with one attached hydrogen (secondary N) is 1. The second kappa shape index (κ2) is 9.56. The Morgan fingerprint density at radius 1 is 1.16 bits per heavy atom. The molecule has 5 nitrogen and oxygen atoms in total. The number of likely N-dealkylation sites (N-methyl/N-ethyl adjacent to an activating group) is 2. The van der Waals surface area contributed by atoms with Crippen molar-refractivity contribution in [2.45, 2.75) is 13.5 Å². The van der Waals surface area contributed by atoms with E-state index in [9.17, 15) is 9.59 Å². The molecule has 0 saturated heterocycles. The van der Waals surface area contributed by atoms with Gasteiger partial charge in [-0.05, 0) is 30.1 Å². The standard InChI is InChI=1S/C18H22ClN3O2S/c1-3-22(11-14-7-6-10-25-14)13-18(24)21(2)12-17(23)20-16-9-5-4-8-15(16)19/h4-10H,3,11-13H2,1-2H3,(H,20,23). The van der Waals surface area contributed by atoms with Crippen LogP contribution in [0, 0.1) is 0 Å². The van der Waals surface area contributed by atoms with Gasteiger partial charge in [0, 0.05) is 18.5 Å². The number of para-hydroxylation sites is 1. The van der Waals surface area contributed by atoms with E-state index in [2.05, 4.69) is 16.3 Å². The summed E-state index contributed by atoms with van der Waals surface area (Å²) in [5.41, 5.74) is 0.544. The summed E-state index contributed by atoms with van der Waals surface area (Å²) in [5, 5.41) is 5.22. The number of nitrogens with zero attached hydrogens (tertiary/aromatic N) is 2. The Balaban J connectivity index is 1.84. The van der Waals surface area contributed by atoms with Crippen LogP contribution in [0.1, 0.15) is 11.8 Å². The number of rotatable bonds is 8. The van der Waals surface area contributed by atoms with E-state index in [4.69, 9.17) is 11.6 Å². The predicted molar refractivity (Wildman–Crippen MR) is 103 cm³/mol. The quantitative estimate of drug-likeness (QED) is 0.765. The summed E-state index contributed by atoms with van der Waals surface area (Å²) in [7, 11) is 1.63. The Hall–Kier alpha value is -1.89. The number of anilines is 1. The van der Waals surface area contributed by atoms with E-state index in [0.717, 1.165) is 13.1 Å². The molecule has 2 amide bonds. The zero-order valence-corrected chi connectivity index (χ0v) is 15.9. The largest absolute Gasteiger partial charge is 0.335 e. The van der Waals surface area contributed by atoms with Gasteiger partial charge in [0.2, 0.25) is 11.8 Å². The van der Waals surface area contributed by atoms with E-state index in [-0.39, 0.29) is 24.9 Å². The van der Waals surface area contributed by atoms with Crippen molar-refractivity contribution in [3.05, 3.63) is 51.7 Å². The van der Waals surface area contributed by atoms with E-state index in [1.54, 1.807) is 42.6 Å². The number of amides is 2. The van der Waals surface area contributed by atoms with Crippen LogP contribution >= 0.6 is 22.9 Å². The van der Waals surface area contributed by atoms with Crippen molar-refractivity contribution in [2.24, 2.45) is 0 Å². The monoisotopic (exact) mass is 379 g/mol. The highest BCUT2D eigenvalue weighted by molar-refractivity contribution is 7.09. The zero-order chi connectivity index (χ0) is 18.2. The number of halogens is 1. The molecule has 0 radical (unpaired) electrons. The highest BCUT2D eigenvalue weighted by Crippen LogP contribution is 2.20. The number of carbonyl (C=O) groups is 2. The van der Waals surface area contributed by atoms with Gasteiger partial charge in [-0.15, -0.1) is 11.3 Å². The normalized spacial score (nSPS) is 10.7. The van der Waals surface area contributed by atoms with E-state index in [1.807, 2.05) is 18.4 Å². The van der Waals surface area contributed by atoms with Crippen LogP contribution in [-0.4, -0.2) is 48.3 Å². The summed E-state index contributed by atoms with van der Waals surface area (Å²) in [6.07, 6.45) is 0. The Morgan fingerprint density at radius 3 is 2.56 bits per heavy atom.